The smallest absolute Gasteiger partial charge is 0.343 e. The maximum atomic E-state index is 10.7. The van der Waals surface area contributed by atoms with Crippen LogP contribution >= 0.6 is 15.9 Å². The first-order valence-corrected chi connectivity index (χ1v) is 4.40. The van der Waals surface area contributed by atoms with Gasteiger partial charge in [0.05, 0.1) is 4.92 Å². The second kappa shape index (κ2) is 3.75. The van der Waals surface area contributed by atoms with Crippen LogP contribution in [0.1, 0.15) is 15.9 Å². The van der Waals surface area contributed by atoms with Crippen molar-refractivity contribution in [2.45, 2.75) is 6.92 Å². The Hall–Kier alpha value is -1.43. The zero-order valence-electron chi connectivity index (χ0n) is 7.15. The second-order valence-electron chi connectivity index (χ2n) is 2.70. The van der Waals surface area contributed by atoms with Crippen molar-refractivity contribution in [1.29, 1.82) is 0 Å². The maximum Gasteiger partial charge on any atom is 0.343 e. The molecule has 0 saturated heterocycles. The molecule has 0 amide bonds. The fourth-order valence-corrected chi connectivity index (χ4v) is 1.81. The summed E-state index contributed by atoms with van der Waals surface area (Å²) in [5.41, 5.74) is -0.0847. The Kier molecular flexibility index (Phi) is 2.85. The molecule has 0 aromatic heterocycles. The van der Waals surface area contributed by atoms with Crippen molar-refractivity contribution in [2.24, 2.45) is 0 Å². The van der Waals surface area contributed by atoms with Crippen LogP contribution in [0.15, 0.2) is 16.6 Å². The summed E-state index contributed by atoms with van der Waals surface area (Å²) in [7, 11) is 0. The number of aromatic carboxylic acids is 1. The van der Waals surface area contributed by atoms with E-state index in [2.05, 4.69) is 15.9 Å². The molecule has 0 aliphatic rings. The molecule has 0 atom stereocenters. The van der Waals surface area contributed by atoms with Gasteiger partial charge < -0.3 is 5.11 Å². The van der Waals surface area contributed by atoms with Gasteiger partial charge in [-0.1, -0.05) is 0 Å². The van der Waals surface area contributed by atoms with Crippen molar-refractivity contribution < 1.29 is 14.8 Å². The van der Waals surface area contributed by atoms with E-state index in [0.717, 1.165) is 0 Å². The molecule has 0 aliphatic carbocycles. The number of rotatable bonds is 2. The summed E-state index contributed by atoms with van der Waals surface area (Å²) in [6, 6.07) is 2.75. The molecule has 5 nitrogen and oxygen atoms in total. The van der Waals surface area contributed by atoms with Gasteiger partial charge in [-0.05, 0) is 34.5 Å². The van der Waals surface area contributed by atoms with Gasteiger partial charge in [0.1, 0.15) is 0 Å². The van der Waals surface area contributed by atoms with Crippen LogP contribution in [-0.4, -0.2) is 16.0 Å². The number of hydrogen-bond donors (Lipinski definition) is 1. The van der Waals surface area contributed by atoms with Crippen LogP contribution < -0.4 is 0 Å². The predicted molar refractivity (Wildman–Crippen MR) is 52.5 cm³/mol. The molecule has 0 heterocycles. The number of aryl methyl sites for hydroxylation is 1. The highest BCUT2D eigenvalue weighted by atomic mass is 79.9. The summed E-state index contributed by atoms with van der Waals surface area (Å²) >= 11 is 2.98. The number of hydrogen-bond acceptors (Lipinski definition) is 3. The Balaban J connectivity index is 3.52. The van der Waals surface area contributed by atoms with E-state index in [1.54, 1.807) is 6.92 Å². The number of benzene rings is 1. The summed E-state index contributed by atoms with van der Waals surface area (Å²) in [4.78, 5) is 20.6. The molecule has 0 radical (unpaired) electrons. The van der Waals surface area contributed by atoms with Crippen molar-refractivity contribution >= 4 is 27.6 Å². The number of halogens is 1. The molecule has 0 unspecified atom stereocenters. The number of carboxylic acids is 1. The first kappa shape index (κ1) is 10.6. The van der Waals surface area contributed by atoms with Crippen LogP contribution in [0.25, 0.3) is 0 Å². The third-order valence-corrected chi connectivity index (χ3v) is 2.25. The van der Waals surface area contributed by atoms with Gasteiger partial charge in [0.15, 0.2) is 5.56 Å². The summed E-state index contributed by atoms with van der Waals surface area (Å²) in [6.07, 6.45) is 0. The Bertz CT molecular complexity index is 416. The molecule has 0 fully saturated rings. The molecule has 14 heavy (non-hydrogen) atoms. The monoisotopic (exact) mass is 259 g/mol. The van der Waals surface area contributed by atoms with Crippen molar-refractivity contribution in [3.05, 3.63) is 37.8 Å². The van der Waals surface area contributed by atoms with Crippen LogP contribution in [0, 0.1) is 17.0 Å². The standard InChI is InChI=1S/C8H6BrNO4/c1-4-2-5(9)7(8(11)12)6(3-4)10(13)14/h2-3H,1H3,(H,11,12). The first-order valence-electron chi connectivity index (χ1n) is 3.61. The van der Waals surface area contributed by atoms with Crippen molar-refractivity contribution in [3.8, 4) is 0 Å². The Labute approximate surface area is 87.6 Å². The van der Waals surface area contributed by atoms with E-state index >= 15 is 0 Å². The molecule has 1 aromatic rings. The minimum absolute atomic E-state index is 0.219. The molecule has 1 aromatic carbocycles. The van der Waals surface area contributed by atoms with Gasteiger partial charge >= 0.3 is 5.97 Å². The summed E-state index contributed by atoms with van der Waals surface area (Å²) in [5, 5.41) is 19.3. The molecule has 6 heteroatoms. The summed E-state index contributed by atoms with van der Waals surface area (Å²) in [6.45, 7) is 1.66. The van der Waals surface area contributed by atoms with E-state index in [9.17, 15) is 14.9 Å². The van der Waals surface area contributed by atoms with Gasteiger partial charge in [-0.3, -0.25) is 10.1 Å². The van der Waals surface area contributed by atoms with E-state index in [4.69, 9.17) is 5.11 Å². The fraction of sp³-hybridized carbons (Fsp3) is 0.125. The molecular weight excluding hydrogens is 254 g/mol. The number of carbonyl (C=O) groups is 1. The minimum atomic E-state index is -1.32. The van der Waals surface area contributed by atoms with Crippen molar-refractivity contribution in [1.82, 2.24) is 0 Å². The van der Waals surface area contributed by atoms with Gasteiger partial charge in [0.25, 0.3) is 5.69 Å². The lowest BCUT2D eigenvalue weighted by Gasteiger charge is -2.02. The van der Waals surface area contributed by atoms with Gasteiger partial charge in [-0.25, -0.2) is 4.79 Å². The maximum absolute atomic E-state index is 10.7. The van der Waals surface area contributed by atoms with E-state index in [1.165, 1.54) is 12.1 Å². The third kappa shape index (κ3) is 1.90. The first-order chi connectivity index (χ1) is 6.43. The van der Waals surface area contributed by atoms with Crippen LogP contribution in [0.4, 0.5) is 5.69 Å². The topological polar surface area (TPSA) is 80.4 Å². The fourth-order valence-electron chi connectivity index (χ4n) is 1.08. The molecule has 1 rings (SSSR count). The normalized spacial score (nSPS) is 9.86. The zero-order valence-corrected chi connectivity index (χ0v) is 8.74. The second-order valence-corrected chi connectivity index (χ2v) is 3.56. The molecule has 1 N–H and O–H groups in total. The zero-order chi connectivity index (χ0) is 10.9. The highest BCUT2D eigenvalue weighted by Gasteiger charge is 2.23. The van der Waals surface area contributed by atoms with E-state index in [1.807, 2.05) is 0 Å². The quantitative estimate of drug-likeness (QED) is 0.653. The van der Waals surface area contributed by atoms with E-state index < -0.39 is 16.6 Å². The Morgan fingerprint density at radius 1 is 1.57 bits per heavy atom. The molecule has 0 bridgehead atoms. The lowest BCUT2D eigenvalue weighted by Crippen LogP contribution is -2.04. The van der Waals surface area contributed by atoms with Crippen LogP contribution in [0.2, 0.25) is 0 Å². The summed E-state index contributed by atoms with van der Waals surface area (Å²) < 4.78 is 0.219. The van der Waals surface area contributed by atoms with Crippen LogP contribution in [-0.2, 0) is 0 Å². The summed E-state index contributed by atoms with van der Waals surface area (Å²) in [5.74, 6) is -1.32. The number of nitro benzene ring substituents is 1. The van der Waals surface area contributed by atoms with Crippen molar-refractivity contribution in [2.75, 3.05) is 0 Å². The average Bonchev–Trinajstić information content (AvgIpc) is 2.01. The van der Waals surface area contributed by atoms with E-state index in [-0.39, 0.29) is 10.0 Å². The average molecular weight is 260 g/mol. The highest BCUT2D eigenvalue weighted by Crippen LogP contribution is 2.28. The Morgan fingerprint density at radius 2 is 2.14 bits per heavy atom. The molecule has 74 valence electrons. The van der Waals surface area contributed by atoms with Crippen molar-refractivity contribution in [3.63, 3.8) is 0 Å². The molecule has 0 spiro atoms. The van der Waals surface area contributed by atoms with Crippen LogP contribution in [0.3, 0.4) is 0 Å². The number of nitrogens with zero attached hydrogens (tertiary/aromatic N) is 1. The third-order valence-electron chi connectivity index (χ3n) is 1.62. The van der Waals surface area contributed by atoms with E-state index in [0.29, 0.717) is 5.56 Å². The Morgan fingerprint density at radius 3 is 2.57 bits per heavy atom. The lowest BCUT2D eigenvalue weighted by atomic mass is 10.1. The molecular formula is C8H6BrNO4. The number of nitro groups is 1. The minimum Gasteiger partial charge on any atom is -0.477 e. The highest BCUT2D eigenvalue weighted by molar-refractivity contribution is 9.10. The lowest BCUT2D eigenvalue weighted by molar-refractivity contribution is -0.385. The molecule has 0 aliphatic heterocycles. The predicted octanol–water partition coefficient (Wildman–Crippen LogP) is 2.36. The van der Waals surface area contributed by atoms with Crippen LogP contribution in [0.5, 0.6) is 0 Å². The number of carboxylic acid groups (broad SMARTS) is 1. The van der Waals surface area contributed by atoms with Gasteiger partial charge in [-0.2, -0.15) is 0 Å². The van der Waals surface area contributed by atoms with Gasteiger partial charge in [0, 0.05) is 10.5 Å². The molecule has 0 saturated carbocycles. The SMILES string of the molecule is Cc1cc(Br)c(C(=O)O)c([N+](=O)[O-])c1. The largest absolute Gasteiger partial charge is 0.477 e. The van der Waals surface area contributed by atoms with Gasteiger partial charge in [0.2, 0.25) is 0 Å². The van der Waals surface area contributed by atoms with Gasteiger partial charge in [-0.15, -0.1) is 0 Å².